The van der Waals surface area contributed by atoms with E-state index >= 15 is 0 Å². The molecule has 108 valence electrons. The number of halogens is 3. The number of nitrogen functional groups attached to an aromatic ring is 1. The highest BCUT2D eigenvalue weighted by molar-refractivity contribution is 5.66. The molecule has 0 spiro atoms. The Kier molecular flexibility index (Phi) is 2.86. The number of nitrogens with zero attached hydrogens (tertiary/aromatic N) is 3. The van der Waals surface area contributed by atoms with Gasteiger partial charge in [-0.3, -0.25) is 4.40 Å². The number of hydrogen-bond donors (Lipinski definition) is 1. The molecule has 0 aliphatic heterocycles. The highest BCUT2D eigenvalue weighted by atomic mass is 19.4. The lowest BCUT2D eigenvalue weighted by Crippen LogP contribution is -2.06. The van der Waals surface area contributed by atoms with Gasteiger partial charge in [-0.1, -0.05) is 12.1 Å². The third-order valence-electron chi connectivity index (χ3n) is 3.27. The van der Waals surface area contributed by atoms with Gasteiger partial charge in [0.25, 0.3) is 0 Å². The van der Waals surface area contributed by atoms with E-state index < -0.39 is 11.7 Å². The minimum atomic E-state index is -4.41. The predicted octanol–water partition coefficient (Wildman–Crippen LogP) is 3.31. The molecule has 0 aliphatic carbocycles. The maximum Gasteiger partial charge on any atom is 0.417 e. The fourth-order valence-electron chi connectivity index (χ4n) is 2.03. The summed E-state index contributed by atoms with van der Waals surface area (Å²) in [5, 5.41) is 7.82. The molecular formula is C14H11F3N4. The quantitative estimate of drug-likeness (QED) is 0.700. The molecule has 0 bridgehead atoms. The van der Waals surface area contributed by atoms with Gasteiger partial charge in [-0.15, -0.1) is 10.2 Å². The summed E-state index contributed by atoms with van der Waals surface area (Å²) in [6.45, 7) is 1.85. The summed E-state index contributed by atoms with van der Waals surface area (Å²) in [6.07, 6.45) is -3.43. The zero-order valence-corrected chi connectivity index (χ0v) is 11.0. The van der Waals surface area contributed by atoms with E-state index in [1.807, 2.05) is 6.92 Å². The summed E-state index contributed by atoms with van der Waals surface area (Å²) in [6, 6.07) is 7.49. The maximum absolute atomic E-state index is 12.8. The van der Waals surface area contributed by atoms with E-state index in [0.29, 0.717) is 22.7 Å². The number of aryl methyl sites for hydroxylation is 1. The number of hydrogen-bond acceptors (Lipinski definition) is 3. The molecule has 0 unspecified atom stereocenters. The van der Waals surface area contributed by atoms with Crippen LogP contribution in [0, 0.1) is 6.92 Å². The van der Waals surface area contributed by atoms with E-state index in [-0.39, 0.29) is 0 Å². The van der Waals surface area contributed by atoms with Gasteiger partial charge in [0.15, 0.2) is 11.5 Å². The third-order valence-corrected chi connectivity index (χ3v) is 3.27. The van der Waals surface area contributed by atoms with Crippen LogP contribution in [-0.2, 0) is 6.18 Å². The molecule has 4 nitrogen and oxygen atoms in total. The maximum atomic E-state index is 12.8. The zero-order chi connectivity index (χ0) is 15.2. The zero-order valence-electron chi connectivity index (χ0n) is 11.0. The normalized spacial score (nSPS) is 12.0. The van der Waals surface area contributed by atoms with Crippen LogP contribution in [0.25, 0.3) is 17.0 Å². The topological polar surface area (TPSA) is 56.2 Å². The monoisotopic (exact) mass is 292 g/mol. The van der Waals surface area contributed by atoms with Crippen LogP contribution >= 0.6 is 0 Å². The molecule has 2 heterocycles. The van der Waals surface area contributed by atoms with Crippen LogP contribution in [-0.4, -0.2) is 14.6 Å². The molecule has 0 amide bonds. The summed E-state index contributed by atoms with van der Waals surface area (Å²) in [4.78, 5) is 0. The van der Waals surface area contributed by atoms with Crippen molar-refractivity contribution in [3.05, 3.63) is 47.7 Å². The minimum absolute atomic E-state index is 0.322. The van der Waals surface area contributed by atoms with E-state index in [1.165, 1.54) is 10.5 Å². The molecule has 3 aromatic rings. The van der Waals surface area contributed by atoms with Crippen LogP contribution in [0.4, 0.5) is 18.9 Å². The first-order valence-corrected chi connectivity index (χ1v) is 6.15. The summed E-state index contributed by atoms with van der Waals surface area (Å²) in [5.74, 6) is 0.322. The highest BCUT2D eigenvalue weighted by Crippen LogP contribution is 2.30. The lowest BCUT2D eigenvalue weighted by atomic mass is 10.1. The van der Waals surface area contributed by atoms with Gasteiger partial charge in [-0.25, -0.2) is 0 Å². The number of benzene rings is 1. The predicted molar refractivity (Wildman–Crippen MR) is 72.6 cm³/mol. The van der Waals surface area contributed by atoms with Crippen molar-refractivity contribution >= 4 is 11.3 Å². The summed E-state index contributed by atoms with van der Waals surface area (Å²) >= 11 is 0. The minimum Gasteiger partial charge on any atom is -0.398 e. The second kappa shape index (κ2) is 4.47. The highest BCUT2D eigenvalue weighted by Gasteiger charge is 2.31. The number of nitrogens with two attached hydrogens (primary N) is 1. The molecule has 7 heteroatoms. The molecule has 2 N–H and O–H groups in total. The van der Waals surface area contributed by atoms with Crippen LogP contribution in [0.3, 0.4) is 0 Å². The molecule has 2 aromatic heterocycles. The van der Waals surface area contributed by atoms with Gasteiger partial charge in [0.1, 0.15) is 0 Å². The number of alkyl halides is 3. The van der Waals surface area contributed by atoms with E-state index in [0.717, 1.165) is 17.8 Å². The molecule has 0 atom stereocenters. The number of pyridine rings is 1. The SMILES string of the molecule is Cc1ccc(-c2nnc3ccc(C(F)(F)F)cn23)cc1N. The molecule has 0 aliphatic rings. The third kappa shape index (κ3) is 2.31. The molecular weight excluding hydrogens is 281 g/mol. The second-order valence-corrected chi connectivity index (χ2v) is 4.74. The lowest BCUT2D eigenvalue weighted by Gasteiger charge is -2.08. The van der Waals surface area contributed by atoms with Gasteiger partial charge in [0, 0.05) is 17.4 Å². The Balaban J connectivity index is 2.20. The van der Waals surface area contributed by atoms with Gasteiger partial charge in [0.2, 0.25) is 0 Å². The molecule has 0 saturated heterocycles. The molecule has 21 heavy (non-hydrogen) atoms. The fourth-order valence-corrected chi connectivity index (χ4v) is 2.03. The average Bonchev–Trinajstić information content (AvgIpc) is 2.84. The van der Waals surface area contributed by atoms with Gasteiger partial charge >= 0.3 is 6.18 Å². The number of aromatic nitrogens is 3. The number of anilines is 1. The number of rotatable bonds is 1. The van der Waals surface area contributed by atoms with Gasteiger partial charge in [-0.2, -0.15) is 13.2 Å². The smallest absolute Gasteiger partial charge is 0.398 e. The van der Waals surface area contributed by atoms with Crippen LogP contribution in [0.5, 0.6) is 0 Å². The standard InChI is InChI=1S/C14H11F3N4/c1-8-2-3-9(6-11(8)18)13-20-19-12-5-4-10(7-21(12)13)14(15,16)17/h2-7H,18H2,1H3. The van der Waals surface area contributed by atoms with Crippen molar-refractivity contribution < 1.29 is 13.2 Å². The van der Waals surface area contributed by atoms with Crippen LogP contribution in [0.1, 0.15) is 11.1 Å². The fraction of sp³-hybridized carbons (Fsp3) is 0.143. The Morgan fingerprint density at radius 2 is 1.86 bits per heavy atom. The summed E-state index contributed by atoms with van der Waals surface area (Å²) < 4.78 is 39.7. The first kappa shape index (κ1) is 13.4. The van der Waals surface area contributed by atoms with Crippen LogP contribution in [0.15, 0.2) is 36.5 Å². The van der Waals surface area contributed by atoms with Gasteiger partial charge < -0.3 is 5.73 Å². The average molecular weight is 292 g/mol. The Morgan fingerprint density at radius 1 is 1.10 bits per heavy atom. The summed E-state index contributed by atoms with van der Waals surface area (Å²) in [7, 11) is 0. The Morgan fingerprint density at radius 3 is 2.52 bits per heavy atom. The van der Waals surface area contributed by atoms with E-state index in [2.05, 4.69) is 10.2 Å². The van der Waals surface area contributed by atoms with Crippen molar-refractivity contribution in [3.8, 4) is 11.4 Å². The largest absolute Gasteiger partial charge is 0.417 e. The first-order chi connectivity index (χ1) is 9.86. The Bertz CT molecular complexity index is 821. The molecule has 0 fully saturated rings. The summed E-state index contributed by atoms with van der Waals surface area (Å²) in [5.41, 5.74) is 7.48. The molecule has 3 rings (SSSR count). The van der Waals surface area contributed by atoms with Crippen molar-refractivity contribution in [2.24, 2.45) is 0 Å². The van der Waals surface area contributed by atoms with Crippen molar-refractivity contribution in [1.82, 2.24) is 14.6 Å². The lowest BCUT2D eigenvalue weighted by molar-refractivity contribution is -0.137. The van der Waals surface area contributed by atoms with Gasteiger partial charge in [-0.05, 0) is 30.7 Å². The Hall–Kier alpha value is -2.57. The molecule has 0 radical (unpaired) electrons. The molecule has 1 aromatic carbocycles. The first-order valence-electron chi connectivity index (χ1n) is 6.15. The van der Waals surface area contributed by atoms with Gasteiger partial charge in [0.05, 0.1) is 5.56 Å². The number of fused-ring (bicyclic) bond motifs is 1. The van der Waals surface area contributed by atoms with Crippen molar-refractivity contribution in [2.75, 3.05) is 5.73 Å². The van der Waals surface area contributed by atoms with Crippen molar-refractivity contribution in [3.63, 3.8) is 0 Å². The van der Waals surface area contributed by atoms with Crippen LogP contribution < -0.4 is 5.73 Å². The second-order valence-electron chi connectivity index (χ2n) is 4.74. The van der Waals surface area contributed by atoms with E-state index in [4.69, 9.17) is 5.73 Å². The van der Waals surface area contributed by atoms with Crippen molar-refractivity contribution in [1.29, 1.82) is 0 Å². The Labute approximate surface area is 118 Å². The van der Waals surface area contributed by atoms with E-state index in [1.54, 1.807) is 18.2 Å². The molecule has 0 saturated carbocycles. The van der Waals surface area contributed by atoms with Crippen molar-refractivity contribution in [2.45, 2.75) is 13.1 Å². The van der Waals surface area contributed by atoms with Crippen LogP contribution in [0.2, 0.25) is 0 Å². The van der Waals surface area contributed by atoms with E-state index in [9.17, 15) is 13.2 Å².